The van der Waals surface area contributed by atoms with E-state index in [4.69, 9.17) is 4.74 Å². The Labute approximate surface area is 122 Å². The smallest absolute Gasteiger partial charge is 0.257 e. The average Bonchev–Trinajstić information content (AvgIpc) is 2.42. The van der Waals surface area contributed by atoms with E-state index in [1.54, 1.807) is 24.1 Å². The highest BCUT2D eigenvalue weighted by Gasteiger charge is 2.15. The highest BCUT2D eigenvalue weighted by atomic mass is 79.9. The normalized spacial score (nSPS) is 10.3. The molecule has 1 aromatic carbocycles. The molecule has 0 atom stereocenters. The first-order chi connectivity index (χ1) is 9.10. The molecule has 0 bridgehead atoms. The van der Waals surface area contributed by atoms with E-state index in [1.165, 1.54) is 13.2 Å². The number of phenols is 1. The molecule has 19 heavy (non-hydrogen) atoms. The largest absolute Gasteiger partial charge is 0.507 e. The van der Waals surface area contributed by atoms with Gasteiger partial charge in [0, 0.05) is 25.0 Å². The molecule has 0 aliphatic heterocycles. The number of hydrogen-bond donors (Lipinski definition) is 1. The number of phenolic OH excluding ortho intramolecular Hbond substituents is 1. The fourth-order valence-corrected chi connectivity index (χ4v) is 2.14. The molecule has 1 N–H and O–H groups in total. The molecule has 0 saturated carbocycles. The van der Waals surface area contributed by atoms with Crippen LogP contribution < -0.4 is 4.74 Å². The Bertz CT molecular complexity index is 423. The number of halogens is 1. The Morgan fingerprint density at radius 1 is 1.37 bits per heavy atom. The third kappa shape index (κ3) is 4.74. The van der Waals surface area contributed by atoms with E-state index in [-0.39, 0.29) is 11.7 Å². The number of alkyl halides is 1. The van der Waals surface area contributed by atoms with Crippen LogP contribution in [0.1, 0.15) is 29.6 Å². The summed E-state index contributed by atoms with van der Waals surface area (Å²) < 4.78 is 4.99. The van der Waals surface area contributed by atoms with Crippen molar-refractivity contribution in [2.75, 3.05) is 26.0 Å². The van der Waals surface area contributed by atoms with Gasteiger partial charge in [0.25, 0.3) is 5.91 Å². The molecule has 1 amide bonds. The van der Waals surface area contributed by atoms with Crippen LogP contribution >= 0.6 is 15.9 Å². The van der Waals surface area contributed by atoms with Crippen LogP contribution in [0.3, 0.4) is 0 Å². The molecule has 1 rings (SSSR count). The van der Waals surface area contributed by atoms with Crippen molar-refractivity contribution in [2.45, 2.75) is 19.3 Å². The Kier molecular flexibility index (Phi) is 6.70. The van der Waals surface area contributed by atoms with Crippen molar-refractivity contribution in [2.24, 2.45) is 0 Å². The maximum Gasteiger partial charge on any atom is 0.257 e. The van der Waals surface area contributed by atoms with Gasteiger partial charge in [-0.05, 0) is 25.0 Å². The first-order valence-corrected chi connectivity index (χ1v) is 7.40. The SMILES string of the molecule is COc1ccc(C(=O)N(C)CCCCCBr)c(O)c1. The summed E-state index contributed by atoms with van der Waals surface area (Å²) in [5, 5.41) is 10.8. The minimum absolute atomic E-state index is 0.0448. The number of aromatic hydroxyl groups is 1. The van der Waals surface area contributed by atoms with Gasteiger partial charge in [0.05, 0.1) is 12.7 Å². The molecule has 0 aliphatic carbocycles. The number of ether oxygens (including phenoxy) is 1. The van der Waals surface area contributed by atoms with Gasteiger partial charge in [-0.1, -0.05) is 22.4 Å². The van der Waals surface area contributed by atoms with E-state index < -0.39 is 0 Å². The molecule has 0 fully saturated rings. The highest BCUT2D eigenvalue weighted by Crippen LogP contribution is 2.24. The summed E-state index contributed by atoms with van der Waals surface area (Å²) >= 11 is 3.38. The third-order valence-electron chi connectivity index (χ3n) is 2.91. The van der Waals surface area contributed by atoms with E-state index in [9.17, 15) is 9.90 Å². The van der Waals surface area contributed by atoms with E-state index >= 15 is 0 Å². The summed E-state index contributed by atoms with van der Waals surface area (Å²) in [4.78, 5) is 13.8. The van der Waals surface area contributed by atoms with Crippen molar-refractivity contribution in [3.05, 3.63) is 23.8 Å². The summed E-state index contributed by atoms with van der Waals surface area (Å²) in [5.41, 5.74) is 0.309. The number of nitrogens with zero attached hydrogens (tertiary/aromatic N) is 1. The number of methoxy groups -OCH3 is 1. The highest BCUT2D eigenvalue weighted by molar-refractivity contribution is 9.09. The first-order valence-electron chi connectivity index (χ1n) is 6.28. The van der Waals surface area contributed by atoms with Crippen molar-refractivity contribution < 1.29 is 14.6 Å². The van der Waals surface area contributed by atoms with Crippen molar-refractivity contribution in [3.8, 4) is 11.5 Å². The zero-order valence-electron chi connectivity index (χ0n) is 11.4. The number of carbonyl (C=O) groups excluding carboxylic acids is 1. The van der Waals surface area contributed by atoms with E-state index in [0.29, 0.717) is 17.9 Å². The van der Waals surface area contributed by atoms with E-state index in [0.717, 1.165) is 24.6 Å². The molecule has 5 heteroatoms. The van der Waals surface area contributed by atoms with Gasteiger partial charge in [-0.2, -0.15) is 0 Å². The van der Waals surface area contributed by atoms with Crippen LogP contribution in [-0.4, -0.2) is 41.9 Å². The van der Waals surface area contributed by atoms with Gasteiger partial charge in [0.15, 0.2) is 0 Å². The Morgan fingerprint density at radius 2 is 2.11 bits per heavy atom. The first kappa shape index (κ1) is 15.8. The van der Waals surface area contributed by atoms with Crippen LogP contribution in [0.4, 0.5) is 0 Å². The lowest BCUT2D eigenvalue weighted by atomic mass is 10.1. The molecule has 106 valence electrons. The zero-order valence-corrected chi connectivity index (χ0v) is 12.9. The standard InChI is InChI=1S/C14H20BrNO3/c1-16(9-5-3-4-8-15)14(18)12-7-6-11(19-2)10-13(12)17/h6-7,10,17H,3-5,8-9H2,1-2H3. The molecule has 0 saturated heterocycles. The topological polar surface area (TPSA) is 49.8 Å². The number of benzene rings is 1. The lowest BCUT2D eigenvalue weighted by Gasteiger charge is -2.18. The maximum absolute atomic E-state index is 12.1. The van der Waals surface area contributed by atoms with Gasteiger partial charge in [-0.3, -0.25) is 4.79 Å². The molecule has 0 spiro atoms. The number of rotatable bonds is 7. The maximum atomic E-state index is 12.1. The number of carbonyl (C=O) groups is 1. The molecule has 0 unspecified atom stereocenters. The van der Waals surface area contributed by atoms with Gasteiger partial charge >= 0.3 is 0 Å². The molecule has 0 heterocycles. The van der Waals surface area contributed by atoms with Crippen molar-refractivity contribution in [1.29, 1.82) is 0 Å². The summed E-state index contributed by atoms with van der Waals surface area (Å²) in [6.07, 6.45) is 3.15. The molecule has 0 radical (unpaired) electrons. The van der Waals surface area contributed by atoms with Crippen molar-refractivity contribution in [3.63, 3.8) is 0 Å². The Morgan fingerprint density at radius 3 is 2.68 bits per heavy atom. The van der Waals surface area contributed by atoms with Gasteiger partial charge in [-0.15, -0.1) is 0 Å². The number of amides is 1. The van der Waals surface area contributed by atoms with Gasteiger partial charge in [0.2, 0.25) is 0 Å². The number of unbranched alkanes of at least 4 members (excludes halogenated alkanes) is 2. The second-order valence-electron chi connectivity index (χ2n) is 4.36. The van der Waals surface area contributed by atoms with Crippen LogP contribution in [0, 0.1) is 0 Å². The molecular weight excluding hydrogens is 310 g/mol. The van der Waals surface area contributed by atoms with Gasteiger partial charge in [0.1, 0.15) is 11.5 Å². The fraction of sp³-hybridized carbons (Fsp3) is 0.500. The van der Waals surface area contributed by atoms with Crippen LogP contribution in [0.15, 0.2) is 18.2 Å². The number of hydrogen-bond acceptors (Lipinski definition) is 3. The molecule has 0 aliphatic rings. The lowest BCUT2D eigenvalue weighted by molar-refractivity contribution is 0.0789. The monoisotopic (exact) mass is 329 g/mol. The Hall–Kier alpha value is -1.23. The van der Waals surface area contributed by atoms with E-state index in [2.05, 4.69) is 15.9 Å². The minimum Gasteiger partial charge on any atom is -0.507 e. The van der Waals surface area contributed by atoms with Gasteiger partial charge in [-0.25, -0.2) is 0 Å². The summed E-state index contributed by atoms with van der Waals surface area (Å²) in [6.45, 7) is 0.692. The second-order valence-corrected chi connectivity index (χ2v) is 5.15. The van der Waals surface area contributed by atoms with E-state index in [1.807, 2.05) is 0 Å². The lowest BCUT2D eigenvalue weighted by Crippen LogP contribution is -2.27. The van der Waals surface area contributed by atoms with Crippen LogP contribution in [0.25, 0.3) is 0 Å². The summed E-state index contributed by atoms with van der Waals surface area (Å²) in [7, 11) is 3.27. The van der Waals surface area contributed by atoms with Crippen LogP contribution in [-0.2, 0) is 0 Å². The molecule has 1 aromatic rings. The molecular formula is C14H20BrNO3. The van der Waals surface area contributed by atoms with Gasteiger partial charge < -0.3 is 14.7 Å². The molecule has 4 nitrogen and oxygen atoms in total. The quantitative estimate of drug-likeness (QED) is 0.618. The third-order valence-corrected chi connectivity index (χ3v) is 3.47. The predicted molar refractivity (Wildman–Crippen MR) is 79.3 cm³/mol. The summed E-state index contributed by atoms with van der Waals surface area (Å²) in [6, 6.07) is 4.71. The van der Waals surface area contributed by atoms with Crippen LogP contribution in [0.2, 0.25) is 0 Å². The fourth-order valence-electron chi connectivity index (χ4n) is 1.75. The Balaban J connectivity index is 2.61. The van der Waals surface area contributed by atoms with Crippen molar-refractivity contribution in [1.82, 2.24) is 4.90 Å². The average molecular weight is 330 g/mol. The minimum atomic E-state index is -0.168. The van der Waals surface area contributed by atoms with Crippen molar-refractivity contribution >= 4 is 21.8 Å². The second kappa shape index (κ2) is 8.04. The predicted octanol–water partition coefficient (Wildman–Crippen LogP) is 3.04. The summed E-state index contributed by atoms with van der Waals surface area (Å²) in [5.74, 6) is 0.324. The zero-order chi connectivity index (χ0) is 14.3. The van der Waals surface area contributed by atoms with Crippen LogP contribution in [0.5, 0.6) is 11.5 Å². The molecule has 0 aromatic heterocycles.